The highest BCUT2D eigenvalue weighted by Gasteiger charge is 2.19. The molecular formula is C20H22BrN3O2S. The lowest BCUT2D eigenvalue weighted by molar-refractivity contribution is 0.0950. The topological polar surface area (TPSA) is 74.8 Å². The first-order chi connectivity index (χ1) is 12.7. The first-order valence-corrected chi connectivity index (χ1v) is 10.4. The Morgan fingerprint density at radius 2 is 2.00 bits per heavy atom. The Morgan fingerprint density at radius 1 is 1.30 bits per heavy atom. The van der Waals surface area contributed by atoms with Gasteiger partial charge in [-0.1, -0.05) is 13.8 Å². The third-order valence-corrected chi connectivity index (χ3v) is 6.83. The summed E-state index contributed by atoms with van der Waals surface area (Å²) in [7, 11) is 0. The highest BCUT2D eigenvalue weighted by Crippen LogP contribution is 2.36. The third kappa shape index (κ3) is 3.84. The summed E-state index contributed by atoms with van der Waals surface area (Å²) < 4.78 is 1.92. The van der Waals surface area contributed by atoms with Crippen LogP contribution in [0, 0.1) is 20.8 Å². The molecule has 0 aliphatic rings. The Balaban J connectivity index is 1.92. The maximum absolute atomic E-state index is 12.8. The van der Waals surface area contributed by atoms with Crippen molar-refractivity contribution in [1.29, 1.82) is 0 Å². The van der Waals surface area contributed by atoms with Gasteiger partial charge in [-0.3, -0.25) is 9.59 Å². The van der Waals surface area contributed by atoms with E-state index in [1.165, 1.54) is 0 Å². The number of aryl methyl sites for hydroxylation is 3. The summed E-state index contributed by atoms with van der Waals surface area (Å²) in [6, 6.07) is 3.74. The average Bonchev–Trinajstić information content (AvgIpc) is 3.03. The van der Waals surface area contributed by atoms with Crippen LogP contribution in [0.25, 0.3) is 10.2 Å². The van der Waals surface area contributed by atoms with Crippen LogP contribution in [0.15, 0.2) is 21.4 Å². The van der Waals surface area contributed by atoms with Crippen molar-refractivity contribution in [1.82, 2.24) is 15.3 Å². The number of aromatic amines is 1. The number of nitrogens with zero attached hydrogens (tertiary/aromatic N) is 1. The maximum Gasteiger partial charge on any atom is 0.253 e. The quantitative estimate of drug-likeness (QED) is 0.606. The summed E-state index contributed by atoms with van der Waals surface area (Å²) >= 11 is 5.22. The van der Waals surface area contributed by atoms with Crippen LogP contribution >= 0.6 is 27.3 Å². The summed E-state index contributed by atoms with van der Waals surface area (Å²) in [6.45, 7) is 10.0. The molecule has 1 aromatic carbocycles. The number of aromatic nitrogens is 2. The minimum absolute atomic E-state index is 0.165. The van der Waals surface area contributed by atoms with E-state index < -0.39 is 0 Å². The molecule has 0 atom stereocenters. The Hall–Kier alpha value is -1.99. The Bertz CT molecular complexity index is 1100. The molecule has 0 unspecified atom stereocenters. The number of benzene rings is 1. The van der Waals surface area contributed by atoms with Gasteiger partial charge in [0, 0.05) is 33.8 Å². The molecule has 0 aliphatic carbocycles. The lowest BCUT2D eigenvalue weighted by Crippen LogP contribution is -2.28. The Morgan fingerprint density at radius 3 is 2.63 bits per heavy atom. The number of nitrogens with one attached hydrogen (secondary N) is 2. The molecule has 0 radical (unpaired) electrons. The summed E-state index contributed by atoms with van der Waals surface area (Å²) in [5.74, 6) is 0.121. The minimum Gasteiger partial charge on any atom is -0.348 e. The number of pyridine rings is 1. The molecule has 5 nitrogen and oxygen atoms in total. The molecule has 27 heavy (non-hydrogen) atoms. The molecular weight excluding hydrogens is 426 g/mol. The standard InChI is InChI=1S/C20H22BrN3O2S/c1-9(2)20-24-16-12(5)13(7-15(21)17(16)27-20)18(25)22-8-14-10(3)6-11(4)23-19(14)26/h6-7,9H,8H2,1-5H3,(H,22,25)(H,23,26). The molecule has 0 spiro atoms. The fourth-order valence-electron chi connectivity index (χ4n) is 3.03. The summed E-state index contributed by atoms with van der Waals surface area (Å²) in [6.07, 6.45) is 0. The van der Waals surface area contributed by atoms with Gasteiger partial charge in [-0.05, 0) is 60.0 Å². The molecule has 2 aromatic heterocycles. The third-order valence-electron chi connectivity index (χ3n) is 4.55. The zero-order valence-corrected chi connectivity index (χ0v) is 18.4. The number of hydrogen-bond donors (Lipinski definition) is 2. The van der Waals surface area contributed by atoms with Gasteiger partial charge in [0.1, 0.15) is 0 Å². The number of hydrogen-bond acceptors (Lipinski definition) is 4. The van der Waals surface area contributed by atoms with E-state index in [0.29, 0.717) is 17.0 Å². The van der Waals surface area contributed by atoms with E-state index in [9.17, 15) is 9.59 Å². The molecule has 0 bridgehead atoms. The van der Waals surface area contributed by atoms with Gasteiger partial charge in [0.15, 0.2) is 0 Å². The van der Waals surface area contributed by atoms with Gasteiger partial charge in [0.05, 0.1) is 15.2 Å². The summed E-state index contributed by atoms with van der Waals surface area (Å²) in [5, 5.41) is 3.92. The lowest BCUT2D eigenvalue weighted by atomic mass is 10.1. The number of carbonyl (C=O) groups is 1. The van der Waals surface area contributed by atoms with Crippen LogP contribution in [-0.4, -0.2) is 15.9 Å². The molecule has 2 heterocycles. The van der Waals surface area contributed by atoms with Crippen molar-refractivity contribution >= 4 is 43.4 Å². The highest BCUT2D eigenvalue weighted by atomic mass is 79.9. The normalized spacial score (nSPS) is 11.4. The summed E-state index contributed by atoms with van der Waals surface area (Å²) in [5.41, 5.74) is 4.35. The first kappa shape index (κ1) is 19.8. The van der Waals surface area contributed by atoms with Gasteiger partial charge in [0.25, 0.3) is 11.5 Å². The molecule has 3 rings (SSSR count). The van der Waals surface area contributed by atoms with Crippen molar-refractivity contribution < 1.29 is 4.79 Å². The van der Waals surface area contributed by atoms with Crippen LogP contribution in [0.2, 0.25) is 0 Å². The van der Waals surface area contributed by atoms with Crippen molar-refractivity contribution in [2.24, 2.45) is 0 Å². The highest BCUT2D eigenvalue weighted by molar-refractivity contribution is 9.10. The molecule has 0 aliphatic heterocycles. The second-order valence-corrected chi connectivity index (χ2v) is 8.93. The van der Waals surface area contributed by atoms with E-state index in [-0.39, 0.29) is 18.0 Å². The number of thiazole rings is 1. The molecule has 3 aromatic rings. The molecule has 142 valence electrons. The predicted octanol–water partition coefficient (Wildman–Crippen LogP) is 4.73. The zero-order valence-electron chi connectivity index (χ0n) is 16.0. The van der Waals surface area contributed by atoms with Crippen molar-refractivity contribution in [3.05, 3.63) is 59.9 Å². The predicted molar refractivity (Wildman–Crippen MR) is 114 cm³/mol. The molecule has 2 N–H and O–H groups in total. The number of H-pyrrole nitrogens is 1. The van der Waals surface area contributed by atoms with E-state index in [4.69, 9.17) is 4.98 Å². The maximum atomic E-state index is 12.8. The second-order valence-electron chi connectivity index (χ2n) is 7.04. The van der Waals surface area contributed by atoms with Crippen LogP contribution in [-0.2, 0) is 6.54 Å². The van der Waals surface area contributed by atoms with Crippen molar-refractivity contribution in [2.45, 2.75) is 47.1 Å². The molecule has 0 saturated heterocycles. The lowest BCUT2D eigenvalue weighted by Gasteiger charge is -2.11. The van der Waals surface area contributed by atoms with Crippen LogP contribution in [0.5, 0.6) is 0 Å². The van der Waals surface area contributed by atoms with Crippen molar-refractivity contribution in [3.8, 4) is 0 Å². The fraction of sp³-hybridized carbons (Fsp3) is 0.350. The van der Waals surface area contributed by atoms with Gasteiger partial charge in [0.2, 0.25) is 0 Å². The number of fused-ring (bicyclic) bond motifs is 1. The smallest absolute Gasteiger partial charge is 0.253 e. The van der Waals surface area contributed by atoms with Gasteiger partial charge < -0.3 is 10.3 Å². The average molecular weight is 448 g/mol. The molecule has 0 fully saturated rings. The van der Waals surface area contributed by atoms with Gasteiger partial charge in [-0.25, -0.2) is 4.98 Å². The van der Waals surface area contributed by atoms with Gasteiger partial charge >= 0.3 is 0 Å². The summed E-state index contributed by atoms with van der Waals surface area (Å²) in [4.78, 5) is 32.4. The van der Waals surface area contributed by atoms with E-state index in [1.807, 2.05) is 32.9 Å². The fourth-order valence-corrected chi connectivity index (χ4v) is 4.72. The van der Waals surface area contributed by atoms with Crippen molar-refractivity contribution in [2.75, 3.05) is 0 Å². The molecule has 1 amide bonds. The van der Waals surface area contributed by atoms with E-state index in [0.717, 1.165) is 36.5 Å². The van der Waals surface area contributed by atoms with E-state index in [2.05, 4.69) is 40.1 Å². The van der Waals surface area contributed by atoms with Crippen LogP contribution in [0.3, 0.4) is 0 Å². The SMILES string of the molecule is Cc1cc(C)c(CNC(=O)c2cc(Br)c3sc(C(C)C)nc3c2C)c(=O)[nH]1. The van der Waals surface area contributed by atoms with Crippen LogP contribution < -0.4 is 10.9 Å². The molecule has 0 saturated carbocycles. The molecule has 7 heteroatoms. The van der Waals surface area contributed by atoms with Crippen molar-refractivity contribution in [3.63, 3.8) is 0 Å². The van der Waals surface area contributed by atoms with E-state index in [1.54, 1.807) is 11.3 Å². The Kier molecular flexibility index (Phi) is 5.53. The van der Waals surface area contributed by atoms with E-state index >= 15 is 0 Å². The number of halogens is 1. The monoisotopic (exact) mass is 447 g/mol. The van der Waals surface area contributed by atoms with Gasteiger partial charge in [-0.15, -0.1) is 11.3 Å². The van der Waals surface area contributed by atoms with Crippen LogP contribution in [0.1, 0.15) is 57.5 Å². The van der Waals surface area contributed by atoms with Crippen LogP contribution in [0.4, 0.5) is 0 Å². The largest absolute Gasteiger partial charge is 0.348 e. The number of amides is 1. The Labute approximate surface area is 170 Å². The van der Waals surface area contributed by atoms with Gasteiger partial charge in [-0.2, -0.15) is 0 Å². The second kappa shape index (κ2) is 7.56. The number of rotatable bonds is 4. The minimum atomic E-state index is -0.214. The zero-order chi connectivity index (χ0) is 19.9. The first-order valence-electron chi connectivity index (χ1n) is 8.76. The number of carbonyl (C=O) groups excluding carboxylic acids is 1.